The molecule has 0 spiro atoms. The van der Waals surface area contributed by atoms with Crippen LogP contribution in [-0.4, -0.2) is 28.2 Å². The van der Waals surface area contributed by atoms with Gasteiger partial charge in [0.25, 0.3) is 0 Å². The summed E-state index contributed by atoms with van der Waals surface area (Å²) in [6.07, 6.45) is 0. The average Bonchev–Trinajstić information content (AvgIpc) is 3.08. The van der Waals surface area contributed by atoms with Gasteiger partial charge < -0.3 is 20.5 Å². The van der Waals surface area contributed by atoms with Crippen molar-refractivity contribution >= 4 is 27.2 Å². The van der Waals surface area contributed by atoms with Crippen LogP contribution in [0, 0.1) is 13.1 Å². The second kappa shape index (κ2) is 18.7. The topological polar surface area (TPSA) is 46.2 Å². The van der Waals surface area contributed by atoms with Crippen LogP contribution in [-0.2, 0) is 25.8 Å². The van der Waals surface area contributed by atoms with Gasteiger partial charge >= 0.3 is 25.8 Å². The van der Waals surface area contributed by atoms with Crippen LogP contribution in [0.4, 0.5) is 5.69 Å². The van der Waals surface area contributed by atoms with Gasteiger partial charge in [-0.2, -0.15) is 28.2 Å². The van der Waals surface area contributed by atoms with E-state index in [0.717, 1.165) is 22.6 Å². The van der Waals surface area contributed by atoms with Crippen LogP contribution in [0.15, 0.2) is 115 Å². The van der Waals surface area contributed by atoms with Gasteiger partial charge in [-0.1, -0.05) is 141 Å². The molecule has 0 fully saturated rings. The molecule has 0 aliphatic carbocycles. The Labute approximate surface area is 307 Å². The predicted octanol–water partition coefficient (Wildman–Crippen LogP) is 11.7. The first-order chi connectivity index (χ1) is 22.8. The molecule has 0 N–H and O–H groups in total. The number of hydrogen-bond donors (Lipinski definition) is 0. The molecule has 5 heteroatoms. The van der Waals surface area contributed by atoms with Gasteiger partial charge in [0.05, 0.1) is 5.69 Å². The number of para-hydroxylation sites is 1. The fourth-order valence-electron chi connectivity index (χ4n) is 5.98. The van der Waals surface area contributed by atoms with E-state index in [4.69, 9.17) is 5.32 Å². The molecule has 48 heavy (non-hydrogen) atoms. The zero-order chi connectivity index (χ0) is 33.9. The molecule has 4 nitrogen and oxygen atoms in total. The summed E-state index contributed by atoms with van der Waals surface area (Å²) in [5.41, 5.74) is 7.87. The van der Waals surface area contributed by atoms with Crippen molar-refractivity contribution in [2.45, 2.75) is 45.6 Å². The Balaban J connectivity index is 0.000000833. The molecular weight excluding hydrogens is 751 g/mol. The van der Waals surface area contributed by atoms with E-state index < -0.39 is 0 Å². The summed E-state index contributed by atoms with van der Waals surface area (Å²) in [4.78, 5) is 0. The van der Waals surface area contributed by atoms with E-state index in [0.29, 0.717) is 11.8 Å². The second-order valence-electron chi connectivity index (χ2n) is 12.3. The summed E-state index contributed by atoms with van der Waals surface area (Å²) in [5, 5.41) is 17.6. The van der Waals surface area contributed by atoms with Crippen molar-refractivity contribution in [2.75, 3.05) is 28.2 Å². The first-order valence-corrected chi connectivity index (χ1v) is 16.3. The molecule has 244 valence electrons. The second-order valence-corrected chi connectivity index (χ2v) is 12.3. The quantitative estimate of drug-likeness (QED) is 0.0668. The third kappa shape index (κ3) is 8.82. The summed E-state index contributed by atoms with van der Waals surface area (Å²) in [5.74, 6) is 0.692. The predicted molar refractivity (Wildman–Crippen MR) is 203 cm³/mol. The van der Waals surface area contributed by atoms with E-state index in [-0.39, 0.29) is 31.9 Å². The van der Waals surface area contributed by atoms with Crippen molar-refractivity contribution in [1.82, 2.24) is 0 Å². The monoisotopic (exact) mass is 800 g/mol. The molecular formula is C43H48HfN4. The van der Waals surface area contributed by atoms with Crippen molar-refractivity contribution < 1.29 is 30.4 Å². The standard InChI is InChI=1S/C39H36N2.2C2H6N.Hf/c1-26(2)30-21-13-22-31(27(3)4)38(30)40-39(37-24-14-23-36(41(37)5)28-15-7-6-8-16-28)35-25-29-17-9-10-18-32(29)33-19-11-12-20-34(33)35;2*1-3-2;/h6-15,17-27,39H,5H2,1-4H3;2*1-2H3;/q-2;2*-1;+4. The van der Waals surface area contributed by atoms with E-state index >= 15 is 0 Å². The Morgan fingerprint density at radius 1 is 0.604 bits per heavy atom. The maximum absolute atomic E-state index is 5.72. The Bertz CT molecular complexity index is 1850. The van der Waals surface area contributed by atoms with Crippen molar-refractivity contribution in [2.24, 2.45) is 0 Å². The Hall–Kier alpha value is -3.77. The number of rotatable bonds is 7. The molecule has 1 unspecified atom stereocenters. The van der Waals surface area contributed by atoms with Gasteiger partial charge in [0, 0.05) is 7.05 Å². The third-order valence-electron chi connectivity index (χ3n) is 8.08. The van der Waals surface area contributed by atoms with E-state index in [1.165, 1.54) is 38.2 Å². The van der Waals surface area contributed by atoms with Crippen molar-refractivity contribution in [3.8, 4) is 11.3 Å². The van der Waals surface area contributed by atoms with Crippen LogP contribution in [0.3, 0.4) is 0 Å². The van der Waals surface area contributed by atoms with Crippen LogP contribution < -0.4 is 4.57 Å². The van der Waals surface area contributed by atoms with Crippen molar-refractivity contribution in [3.63, 3.8) is 0 Å². The van der Waals surface area contributed by atoms with Gasteiger partial charge in [-0.25, -0.2) is 0 Å². The Morgan fingerprint density at radius 2 is 1.15 bits per heavy atom. The average molecular weight is 799 g/mol. The van der Waals surface area contributed by atoms with Crippen molar-refractivity contribution in [1.29, 1.82) is 0 Å². The molecule has 1 aromatic heterocycles. The number of fused-ring (bicyclic) bond motifs is 3. The number of aromatic nitrogens is 1. The number of pyridine rings is 1. The first-order valence-electron chi connectivity index (χ1n) is 16.3. The summed E-state index contributed by atoms with van der Waals surface area (Å²) in [7, 11) is 11.6. The van der Waals surface area contributed by atoms with Gasteiger partial charge in [0.1, 0.15) is 5.69 Å². The Kier molecular flexibility index (Phi) is 15.1. The molecule has 5 aromatic carbocycles. The molecule has 0 bridgehead atoms. The van der Waals surface area contributed by atoms with Gasteiger partial charge in [-0.05, 0) is 39.4 Å². The van der Waals surface area contributed by atoms with Crippen LogP contribution in [0.2, 0.25) is 0 Å². The van der Waals surface area contributed by atoms with Gasteiger partial charge in [0.2, 0.25) is 0 Å². The minimum absolute atomic E-state index is 0. The van der Waals surface area contributed by atoms with Crippen molar-refractivity contribution in [3.05, 3.63) is 167 Å². The number of nitrogens with zero attached hydrogens (tertiary/aromatic N) is 4. The van der Waals surface area contributed by atoms with Crippen LogP contribution >= 0.6 is 0 Å². The largest absolute Gasteiger partial charge is 4.00 e. The fourth-order valence-corrected chi connectivity index (χ4v) is 5.98. The van der Waals surface area contributed by atoms with E-state index in [1.54, 1.807) is 28.2 Å². The third-order valence-corrected chi connectivity index (χ3v) is 8.08. The van der Waals surface area contributed by atoms with Crippen LogP contribution in [0.25, 0.3) is 48.8 Å². The van der Waals surface area contributed by atoms with E-state index in [9.17, 15) is 0 Å². The molecule has 0 aliphatic rings. The fraction of sp³-hybridized carbons (Fsp3) is 0.256. The van der Waals surface area contributed by atoms with E-state index in [1.807, 2.05) is 18.2 Å². The molecule has 6 aromatic rings. The molecule has 0 aliphatic heterocycles. The van der Waals surface area contributed by atoms with E-state index in [2.05, 4.69) is 153 Å². The molecule has 0 saturated carbocycles. The first kappa shape index (κ1) is 38.7. The normalized spacial score (nSPS) is 11.3. The zero-order valence-corrected chi connectivity index (χ0v) is 33.3. The van der Waals surface area contributed by atoms with Gasteiger partial charge in [-0.15, -0.1) is 36.0 Å². The molecule has 1 atom stereocenters. The van der Waals surface area contributed by atoms with Gasteiger partial charge in [-0.3, -0.25) is 0 Å². The smallest absolute Gasteiger partial charge is 0.679 e. The molecule has 0 radical (unpaired) electrons. The summed E-state index contributed by atoms with van der Waals surface area (Å²) < 4.78 is 2.05. The van der Waals surface area contributed by atoms with Crippen LogP contribution in [0.5, 0.6) is 0 Å². The summed E-state index contributed by atoms with van der Waals surface area (Å²) in [6.45, 7) is 9.03. The van der Waals surface area contributed by atoms with Crippen LogP contribution in [0.1, 0.15) is 68.0 Å². The maximum atomic E-state index is 5.72. The minimum atomic E-state index is -0.275. The zero-order valence-electron chi connectivity index (χ0n) is 29.7. The molecule has 0 saturated heterocycles. The summed E-state index contributed by atoms with van der Waals surface area (Å²) in [6, 6.07) is 44.0. The number of benzene rings is 5. The SMILES string of the molecule is C[N-]C.C[N-]C.[CH2-][n+]1c(-c2[c-]cccc2)cccc1C([N-]c1c(C(C)C)cccc1C(C)C)c1cc2ccccc2c2ccccc12.[Hf+4]. The summed E-state index contributed by atoms with van der Waals surface area (Å²) >= 11 is 0. The Morgan fingerprint density at radius 3 is 1.73 bits per heavy atom. The molecule has 6 rings (SSSR count). The van der Waals surface area contributed by atoms with Gasteiger partial charge in [0.15, 0.2) is 0 Å². The maximum Gasteiger partial charge on any atom is 4.00 e. The minimum Gasteiger partial charge on any atom is -0.679 e. The molecule has 1 heterocycles. The molecule has 0 amide bonds. The number of hydrogen-bond acceptors (Lipinski definition) is 0.